The normalized spacial score (nSPS) is 13.1. The Hall–Kier alpha value is -0.900. The van der Waals surface area contributed by atoms with Crippen LogP contribution in [0.1, 0.15) is 31.2 Å². The minimum absolute atomic E-state index is 0.0763. The fourth-order valence-corrected chi connectivity index (χ4v) is 2.15. The van der Waals surface area contributed by atoms with Gasteiger partial charge >= 0.3 is 0 Å². The van der Waals surface area contributed by atoms with E-state index in [0.717, 1.165) is 5.56 Å². The molecule has 0 aliphatic carbocycles. The summed E-state index contributed by atoms with van der Waals surface area (Å²) in [4.78, 5) is 0.166. The van der Waals surface area contributed by atoms with Gasteiger partial charge in [-0.2, -0.15) is 0 Å². The second-order valence-electron chi connectivity index (χ2n) is 5.15. The van der Waals surface area contributed by atoms with Gasteiger partial charge in [-0.05, 0) is 11.5 Å². The molecule has 0 fully saturated rings. The number of halogens is 1. The van der Waals surface area contributed by atoms with Crippen molar-refractivity contribution >= 4 is 15.9 Å². The first-order chi connectivity index (χ1) is 8.36. The standard InChI is InChI=1S/C14H21BrO3/c1-14(2,3)13(15)9-7-8-10(16-4)12(18-6)11(9)17-5/h7-8,13H,1-6H3. The van der Waals surface area contributed by atoms with Crippen molar-refractivity contribution in [2.24, 2.45) is 5.41 Å². The topological polar surface area (TPSA) is 27.7 Å². The lowest BCUT2D eigenvalue weighted by atomic mass is 9.87. The highest BCUT2D eigenvalue weighted by atomic mass is 79.9. The Kier molecular flexibility index (Phi) is 4.91. The van der Waals surface area contributed by atoms with Crippen molar-refractivity contribution < 1.29 is 14.2 Å². The van der Waals surface area contributed by atoms with Gasteiger partial charge in [-0.15, -0.1) is 0 Å². The number of rotatable bonds is 4. The second-order valence-corrected chi connectivity index (χ2v) is 6.07. The quantitative estimate of drug-likeness (QED) is 0.779. The molecule has 0 aromatic heterocycles. The number of hydrogen-bond acceptors (Lipinski definition) is 3. The predicted octanol–water partition coefficient (Wildman–Crippen LogP) is 4.19. The molecule has 0 aliphatic rings. The minimum Gasteiger partial charge on any atom is -0.493 e. The van der Waals surface area contributed by atoms with Gasteiger partial charge in [0.2, 0.25) is 5.75 Å². The van der Waals surface area contributed by atoms with Gasteiger partial charge in [-0.1, -0.05) is 42.8 Å². The summed E-state index contributed by atoms with van der Waals surface area (Å²) in [6.45, 7) is 6.51. The van der Waals surface area contributed by atoms with Gasteiger partial charge in [-0.25, -0.2) is 0 Å². The van der Waals surface area contributed by atoms with Gasteiger partial charge < -0.3 is 14.2 Å². The smallest absolute Gasteiger partial charge is 0.203 e. The van der Waals surface area contributed by atoms with Crippen LogP contribution in [0.5, 0.6) is 17.2 Å². The van der Waals surface area contributed by atoms with Crippen molar-refractivity contribution in [3.63, 3.8) is 0 Å². The lowest BCUT2D eigenvalue weighted by Crippen LogP contribution is -2.14. The Bertz CT molecular complexity index is 410. The maximum absolute atomic E-state index is 5.49. The van der Waals surface area contributed by atoms with Crippen molar-refractivity contribution in [1.29, 1.82) is 0 Å². The van der Waals surface area contributed by atoms with Crippen LogP contribution >= 0.6 is 15.9 Å². The molecule has 102 valence electrons. The molecular formula is C14H21BrO3. The molecule has 1 unspecified atom stereocenters. The summed E-state index contributed by atoms with van der Waals surface area (Å²) in [5.41, 5.74) is 1.13. The average molecular weight is 317 g/mol. The number of methoxy groups -OCH3 is 3. The molecule has 0 saturated heterocycles. The molecule has 1 rings (SSSR count). The van der Waals surface area contributed by atoms with Crippen LogP contribution in [0.4, 0.5) is 0 Å². The van der Waals surface area contributed by atoms with Gasteiger partial charge in [0.25, 0.3) is 0 Å². The second kappa shape index (κ2) is 5.83. The van der Waals surface area contributed by atoms with Crippen LogP contribution in [0.2, 0.25) is 0 Å². The minimum atomic E-state index is 0.0763. The van der Waals surface area contributed by atoms with Gasteiger partial charge in [0, 0.05) is 10.4 Å². The fourth-order valence-electron chi connectivity index (χ4n) is 1.79. The van der Waals surface area contributed by atoms with Gasteiger partial charge in [-0.3, -0.25) is 0 Å². The van der Waals surface area contributed by atoms with Crippen LogP contribution in [0.25, 0.3) is 0 Å². The fraction of sp³-hybridized carbons (Fsp3) is 0.571. The molecule has 0 N–H and O–H groups in total. The zero-order chi connectivity index (χ0) is 13.9. The molecule has 1 aromatic rings. The van der Waals surface area contributed by atoms with Gasteiger partial charge in [0.05, 0.1) is 21.3 Å². The number of ether oxygens (including phenoxy) is 3. The first-order valence-electron chi connectivity index (χ1n) is 5.79. The summed E-state index contributed by atoms with van der Waals surface area (Å²) >= 11 is 3.73. The van der Waals surface area contributed by atoms with E-state index in [1.165, 1.54) is 0 Å². The van der Waals surface area contributed by atoms with Crippen molar-refractivity contribution in [1.82, 2.24) is 0 Å². The summed E-state index contributed by atoms with van der Waals surface area (Å²) in [6.07, 6.45) is 0. The summed E-state index contributed by atoms with van der Waals surface area (Å²) < 4.78 is 16.2. The SMILES string of the molecule is COc1ccc(C(Br)C(C)(C)C)c(OC)c1OC. The Morgan fingerprint density at radius 1 is 0.944 bits per heavy atom. The molecule has 0 bridgehead atoms. The Labute approximate surface area is 118 Å². The third-order valence-electron chi connectivity index (χ3n) is 2.77. The van der Waals surface area contributed by atoms with Crippen LogP contribution in [0.3, 0.4) is 0 Å². The molecule has 0 radical (unpaired) electrons. The van der Waals surface area contributed by atoms with Crippen molar-refractivity contribution in [2.45, 2.75) is 25.6 Å². The third kappa shape index (κ3) is 2.91. The maximum Gasteiger partial charge on any atom is 0.203 e. The molecule has 4 heteroatoms. The van der Waals surface area contributed by atoms with Crippen molar-refractivity contribution in [2.75, 3.05) is 21.3 Å². The molecule has 1 atom stereocenters. The lowest BCUT2D eigenvalue weighted by Gasteiger charge is -2.28. The number of alkyl halides is 1. The molecule has 3 nitrogen and oxygen atoms in total. The summed E-state index contributed by atoms with van der Waals surface area (Å²) in [7, 11) is 4.87. The molecule has 0 spiro atoms. The van der Waals surface area contributed by atoms with E-state index < -0.39 is 0 Å². The highest BCUT2D eigenvalue weighted by molar-refractivity contribution is 9.09. The largest absolute Gasteiger partial charge is 0.493 e. The molecule has 0 amide bonds. The van der Waals surface area contributed by atoms with E-state index in [1.54, 1.807) is 21.3 Å². The van der Waals surface area contributed by atoms with E-state index in [1.807, 2.05) is 12.1 Å². The van der Waals surface area contributed by atoms with E-state index in [2.05, 4.69) is 36.7 Å². The zero-order valence-corrected chi connectivity index (χ0v) is 13.4. The van der Waals surface area contributed by atoms with Gasteiger partial charge in [0.1, 0.15) is 0 Å². The lowest BCUT2D eigenvalue weighted by molar-refractivity contribution is 0.317. The molecule has 18 heavy (non-hydrogen) atoms. The highest BCUT2D eigenvalue weighted by Gasteiger charge is 2.28. The first-order valence-corrected chi connectivity index (χ1v) is 6.71. The average Bonchev–Trinajstić information content (AvgIpc) is 2.34. The summed E-state index contributed by atoms with van der Waals surface area (Å²) in [5, 5.41) is 0. The van der Waals surface area contributed by atoms with E-state index >= 15 is 0 Å². The molecular weight excluding hydrogens is 296 g/mol. The Morgan fingerprint density at radius 3 is 1.89 bits per heavy atom. The number of benzene rings is 1. The predicted molar refractivity (Wildman–Crippen MR) is 77.2 cm³/mol. The first kappa shape index (κ1) is 15.2. The number of hydrogen-bond donors (Lipinski definition) is 0. The van der Waals surface area contributed by atoms with Crippen LogP contribution in [-0.4, -0.2) is 21.3 Å². The van der Waals surface area contributed by atoms with E-state index in [0.29, 0.717) is 17.2 Å². The van der Waals surface area contributed by atoms with Crippen LogP contribution in [0, 0.1) is 5.41 Å². The molecule has 1 aromatic carbocycles. The van der Waals surface area contributed by atoms with Crippen LogP contribution in [0.15, 0.2) is 12.1 Å². The summed E-state index contributed by atoms with van der Waals surface area (Å²) in [6, 6.07) is 3.90. The zero-order valence-electron chi connectivity index (χ0n) is 11.8. The molecule has 0 saturated carbocycles. The van der Waals surface area contributed by atoms with Gasteiger partial charge in [0.15, 0.2) is 11.5 Å². The van der Waals surface area contributed by atoms with Crippen LogP contribution in [-0.2, 0) is 0 Å². The Morgan fingerprint density at radius 2 is 1.50 bits per heavy atom. The summed E-state index contributed by atoms with van der Waals surface area (Å²) in [5.74, 6) is 2.02. The maximum atomic E-state index is 5.49. The van der Waals surface area contributed by atoms with E-state index in [4.69, 9.17) is 14.2 Å². The van der Waals surface area contributed by atoms with Crippen LogP contribution < -0.4 is 14.2 Å². The van der Waals surface area contributed by atoms with E-state index in [9.17, 15) is 0 Å². The molecule has 0 heterocycles. The molecule has 0 aliphatic heterocycles. The third-order valence-corrected chi connectivity index (χ3v) is 4.63. The highest BCUT2D eigenvalue weighted by Crippen LogP contribution is 2.49. The Balaban J connectivity index is 3.38. The monoisotopic (exact) mass is 316 g/mol. The van der Waals surface area contributed by atoms with Crippen molar-refractivity contribution in [3.05, 3.63) is 17.7 Å². The van der Waals surface area contributed by atoms with E-state index in [-0.39, 0.29) is 10.2 Å². The van der Waals surface area contributed by atoms with Crippen molar-refractivity contribution in [3.8, 4) is 17.2 Å².